The summed E-state index contributed by atoms with van der Waals surface area (Å²) < 4.78 is 75.1. The lowest BCUT2D eigenvalue weighted by Gasteiger charge is -2.10. The van der Waals surface area contributed by atoms with Crippen LogP contribution < -0.4 is 0 Å². The molecule has 9 heteroatoms. The van der Waals surface area contributed by atoms with Crippen molar-refractivity contribution in [3.63, 3.8) is 0 Å². The summed E-state index contributed by atoms with van der Waals surface area (Å²) in [5, 5.41) is 0. The third kappa shape index (κ3) is 6.44. The Kier molecular flexibility index (Phi) is 8.19. The van der Waals surface area contributed by atoms with Gasteiger partial charge < -0.3 is 0 Å². The summed E-state index contributed by atoms with van der Waals surface area (Å²) in [4.78, 5) is -0.997. The van der Waals surface area contributed by atoms with E-state index in [1.54, 1.807) is 39.0 Å². The number of hydrogen-bond acceptors (Lipinski definition) is 6. The maximum absolute atomic E-state index is 12.5. The van der Waals surface area contributed by atoms with Gasteiger partial charge in [-0.1, -0.05) is 36.5 Å². The fraction of sp³-hybridized carbons (Fsp3) is 0.333. The van der Waals surface area contributed by atoms with Crippen molar-refractivity contribution < 1.29 is 25.3 Å². The number of benzene rings is 1. The highest BCUT2D eigenvalue weighted by Crippen LogP contribution is 2.25. The first kappa shape index (κ1) is 23.3. The van der Waals surface area contributed by atoms with Crippen LogP contribution in [-0.4, -0.2) is 42.5 Å². The van der Waals surface area contributed by atoms with Gasteiger partial charge >= 0.3 is 0 Å². The molecule has 0 radical (unpaired) electrons. The van der Waals surface area contributed by atoms with Gasteiger partial charge in [-0.15, -0.1) is 0 Å². The first-order chi connectivity index (χ1) is 12.5. The van der Waals surface area contributed by atoms with Crippen molar-refractivity contribution in [1.82, 2.24) is 0 Å². The second-order valence-corrected chi connectivity index (χ2v) is 11.8. The first-order valence-electron chi connectivity index (χ1n) is 8.17. The Morgan fingerprint density at radius 2 is 0.778 bits per heavy atom. The average Bonchev–Trinajstić information content (AvgIpc) is 2.62. The predicted octanol–water partition coefficient (Wildman–Crippen LogP) is 2.74. The van der Waals surface area contributed by atoms with Crippen LogP contribution in [0.2, 0.25) is 0 Å². The van der Waals surface area contributed by atoms with E-state index in [0.717, 1.165) is 18.2 Å². The van der Waals surface area contributed by atoms with Crippen LogP contribution in [0.3, 0.4) is 0 Å². The Morgan fingerprint density at radius 1 is 0.556 bits per heavy atom. The van der Waals surface area contributed by atoms with E-state index in [1.807, 2.05) is 0 Å². The highest BCUT2D eigenvalue weighted by molar-refractivity contribution is 7.93. The van der Waals surface area contributed by atoms with Crippen LogP contribution >= 0.6 is 0 Å². The number of hydrogen-bond donors (Lipinski definition) is 0. The molecule has 0 aliphatic carbocycles. The molecule has 0 spiro atoms. The Balaban J connectivity index is 3.71. The van der Waals surface area contributed by atoms with Gasteiger partial charge in [-0.2, -0.15) is 0 Å². The van der Waals surface area contributed by atoms with Crippen molar-refractivity contribution in [3.8, 4) is 0 Å². The van der Waals surface area contributed by atoms with Gasteiger partial charge in [-0.05, 0) is 39.0 Å². The minimum Gasteiger partial charge on any atom is -0.223 e. The molecule has 0 bridgehead atoms. The van der Waals surface area contributed by atoms with Crippen LogP contribution in [0.5, 0.6) is 0 Å². The Bertz CT molecular complexity index is 908. The molecule has 1 aromatic carbocycles. The molecule has 0 aliphatic heterocycles. The van der Waals surface area contributed by atoms with Gasteiger partial charge in [0.25, 0.3) is 0 Å². The lowest BCUT2D eigenvalue weighted by Crippen LogP contribution is -2.13. The third-order valence-electron chi connectivity index (χ3n) is 3.58. The highest BCUT2D eigenvalue weighted by Gasteiger charge is 2.24. The molecule has 27 heavy (non-hydrogen) atoms. The Morgan fingerprint density at radius 3 is 0.963 bits per heavy atom. The third-order valence-corrected chi connectivity index (χ3v) is 8.34. The van der Waals surface area contributed by atoms with Crippen molar-refractivity contribution >= 4 is 29.5 Å². The zero-order chi connectivity index (χ0) is 20.7. The maximum Gasteiger partial charge on any atom is 0.181 e. The van der Waals surface area contributed by atoms with Gasteiger partial charge in [-0.25, -0.2) is 25.3 Å². The second-order valence-electron chi connectivity index (χ2n) is 5.69. The molecule has 1 aromatic rings. The maximum atomic E-state index is 12.5. The van der Waals surface area contributed by atoms with Gasteiger partial charge in [0, 0.05) is 0 Å². The van der Waals surface area contributed by atoms with Gasteiger partial charge in [0.05, 0.1) is 31.9 Å². The van der Waals surface area contributed by atoms with Crippen molar-refractivity contribution in [3.05, 3.63) is 54.7 Å². The summed E-state index contributed by atoms with van der Waals surface area (Å²) in [7, 11) is -11.6. The molecular weight excluding hydrogens is 408 g/mol. The fourth-order valence-corrected chi connectivity index (χ4v) is 6.02. The zero-order valence-corrected chi connectivity index (χ0v) is 17.9. The molecule has 0 amide bonds. The number of allylic oxidation sites excluding steroid dienone is 3. The van der Waals surface area contributed by atoms with Crippen molar-refractivity contribution in [2.75, 3.05) is 17.3 Å². The zero-order valence-electron chi connectivity index (χ0n) is 15.5. The quantitative estimate of drug-likeness (QED) is 0.556. The predicted molar refractivity (Wildman–Crippen MR) is 107 cm³/mol. The summed E-state index contributed by atoms with van der Waals surface area (Å²) in [5.74, 6) is -1.05. The number of rotatable bonds is 9. The molecule has 0 unspecified atom stereocenters. The van der Waals surface area contributed by atoms with Gasteiger partial charge in [0.15, 0.2) is 29.5 Å². The molecule has 0 fully saturated rings. The largest absolute Gasteiger partial charge is 0.223 e. The van der Waals surface area contributed by atoms with Gasteiger partial charge in [-0.3, -0.25) is 0 Å². The lowest BCUT2D eigenvalue weighted by atomic mass is 10.4. The average molecular weight is 433 g/mol. The highest BCUT2D eigenvalue weighted by atomic mass is 32.2. The number of sulfone groups is 3. The molecule has 0 saturated carbocycles. The molecule has 6 nitrogen and oxygen atoms in total. The van der Waals surface area contributed by atoms with E-state index in [2.05, 4.69) is 0 Å². The smallest absolute Gasteiger partial charge is 0.181 e. The normalized spacial score (nSPS) is 13.9. The second kappa shape index (κ2) is 9.48. The summed E-state index contributed by atoms with van der Waals surface area (Å²) >= 11 is 0. The van der Waals surface area contributed by atoms with E-state index in [0.29, 0.717) is 0 Å². The summed E-state index contributed by atoms with van der Waals surface area (Å²) in [6, 6.07) is 3.06. The van der Waals surface area contributed by atoms with Crippen LogP contribution in [0, 0.1) is 0 Å². The van der Waals surface area contributed by atoms with Crippen molar-refractivity contribution in [2.45, 2.75) is 35.5 Å². The van der Waals surface area contributed by atoms with E-state index in [4.69, 9.17) is 0 Å². The van der Waals surface area contributed by atoms with E-state index >= 15 is 0 Å². The molecule has 0 N–H and O–H groups in total. The van der Waals surface area contributed by atoms with E-state index < -0.39 is 29.5 Å². The standard InChI is InChI=1S/C18H24O6S3/c1-4-7-10-25(19,20)16-13-17(26(21,22)11-8-5-2)15-18(14-16)27(23,24)12-9-6-3/h4-9,13-15H,10-12H2,1-3H3. The lowest BCUT2D eigenvalue weighted by molar-refractivity contribution is 0.594. The van der Waals surface area contributed by atoms with Crippen LogP contribution in [0.25, 0.3) is 0 Å². The Hall–Kier alpha value is -1.71. The van der Waals surface area contributed by atoms with Crippen LogP contribution in [0.1, 0.15) is 20.8 Å². The van der Waals surface area contributed by atoms with E-state index in [9.17, 15) is 25.3 Å². The molecule has 150 valence electrons. The Labute approximate surface area is 162 Å². The van der Waals surface area contributed by atoms with Gasteiger partial charge in [0.1, 0.15) is 0 Å². The monoisotopic (exact) mass is 432 g/mol. The van der Waals surface area contributed by atoms with Crippen molar-refractivity contribution in [2.24, 2.45) is 0 Å². The molecule has 0 saturated heterocycles. The first-order valence-corrected chi connectivity index (χ1v) is 13.1. The summed E-state index contributed by atoms with van der Waals surface area (Å²) in [5.41, 5.74) is 0. The topological polar surface area (TPSA) is 102 Å². The summed E-state index contributed by atoms with van der Waals surface area (Å²) in [6.07, 6.45) is 8.87. The van der Waals surface area contributed by atoms with Gasteiger partial charge in [0.2, 0.25) is 0 Å². The molecule has 0 atom stereocenters. The van der Waals surface area contributed by atoms with Crippen LogP contribution in [-0.2, 0) is 29.5 Å². The summed E-state index contributed by atoms with van der Waals surface area (Å²) in [6.45, 7) is 4.96. The van der Waals surface area contributed by atoms with Crippen LogP contribution in [0.15, 0.2) is 69.3 Å². The minimum absolute atomic E-state index is 0.332. The molecule has 0 aliphatic rings. The van der Waals surface area contributed by atoms with E-state index in [-0.39, 0.29) is 31.9 Å². The molecular formula is C18H24O6S3. The van der Waals surface area contributed by atoms with Crippen LogP contribution in [0.4, 0.5) is 0 Å². The molecule has 1 rings (SSSR count). The fourth-order valence-electron chi connectivity index (χ4n) is 2.04. The molecule has 0 aromatic heterocycles. The van der Waals surface area contributed by atoms with E-state index in [1.165, 1.54) is 18.2 Å². The SMILES string of the molecule is CC=CCS(=O)(=O)c1cc(S(=O)(=O)CC=CC)cc(S(=O)(=O)CC=CC)c1. The van der Waals surface area contributed by atoms with Crippen molar-refractivity contribution in [1.29, 1.82) is 0 Å². The minimum atomic E-state index is -3.88. The molecule has 0 heterocycles.